The van der Waals surface area contributed by atoms with Gasteiger partial charge in [-0.05, 0) is 40.0 Å². The van der Waals surface area contributed by atoms with Gasteiger partial charge in [0.15, 0.2) is 0 Å². The van der Waals surface area contributed by atoms with Crippen LogP contribution in [0.15, 0.2) is 0 Å². The minimum Gasteiger partial charge on any atom is -0.320 e. The van der Waals surface area contributed by atoms with E-state index in [1.807, 2.05) is 4.90 Å². The largest absolute Gasteiger partial charge is 0.320 e. The number of carbonyl (C=O) groups excluding carboxylic acids is 1. The van der Waals surface area contributed by atoms with Crippen LogP contribution in [0.4, 0.5) is 4.79 Å². The quantitative estimate of drug-likeness (QED) is 0.757. The van der Waals surface area contributed by atoms with E-state index < -0.39 is 0 Å². The van der Waals surface area contributed by atoms with E-state index in [0.717, 1.165) is 19.0 Å². The maximum absolute atomic E-state index is 12.5. The summed E-state index contributed by atoms with van der Waals surface area (Å²) in [5.74, 6) is 0.852. The topological polar surface area (TPSA) is 23.6 Å². The lowest BCUT2D eigenvalue weighted by Crippen LogP contribution is -2.43. The number of nitrogens with zero attached hydrogens (tertiary/aromatic N) is 2. The number of rotatable bonds is 4. The predicted octanol–water partition coefficient (Wildman–Crippen LogP) is 3.88. The maximum Gasteiger partial charge on any atom is 0.320 e. The first-order valence-electron chi connectivity index (χ1n) is 8.00. The Balaban J connectivity index is 1.92. The molecule has 0 spiro atoms. The molecule has 2 aliphatic rings. The van der Waals surface area contributed by atoms with Crippen molar-refractivity contribution in [3.63, 3.8) is 0 Å². The second-order valence-corrected chi connectivity index (χ2v) is 7.26. The zero-order valence-electron chi connectivity index (χ0n) is 13.1. The number of amides is 2. The zero-order chi connectivity index (χ0) is 14.0. The Kier molecular flexibility index (Phi) is 4.42. The molecule has 0 bridgehead atoms. The van der Waals surface area contributed by atoms with Crippen LogP contribution in [-0.2, 0) is 0 Å². The Morgan fingerprint density at radius 3 is 2.37 bits per heavy atom. The van der Waals surface area contributed by atoms with Crippen LogP contribution in [0.3, 0.4) is 0 Å². The van der Waals surface area contributed by atoms with Crippen LogP contribution < -0.4 is 0 Å². The lowest BCUT2D eigenvalue weighted by Gasteiger charge is -2.32. The van der Waals surface area contributed by atoms with Gasteiger partial charge in [-0.2, -0.15) is 0 Å². The number of carbonyl (C=O) groups is 1. The van der Waals surface area contributed by atoms with Gasteiger partial charge in [0.25, 0.3) is 0 Å². The molecule has 0 atom stereocenters. The Morgan fingerprint density at radius 2 is 1.84 bits per heavy atom. The monoisotopic (exact) mass is 266 g/mol. The summed E-state index contributed by atoms with van der Waals surface area (Å²) in [5.41, 5.74) is -0.00395. The normalized spacial score (nSPS) is 24.6. The van der Waals surface area contributed by atoms with Crippen molar-refractivity contribution in [2.24, 2.45) is 5.92 Å². The van der Waals surface area contributed by atoms with Gasteiger partial charge in [-0.15, -0.1) is 0 Å². The minimum atomic E-state index is -0.00395. The lowest BCUT2D eigenvalue weighted by atomic mass is 9.86. The lowest BCUT2D eigenvalue weighted by molar-refractivity contribution is 0.159. The Morgan fingerprint density at radius 1 is 1.21 bits per heavy atom. The number of urea groups is 1. The third kappa shape index (κ3) is 3.24. The van der Waals surface area contributed by atoms with Gasteiger partial charge in [0.1, 0.15) is 0 Å². The number of hydrogen-bond donors (Lipinski definition) is 0. The Bertz CT molecular complexity index is 319. The molecule has 0 aromatic rings. The highest BCUT2D eigenvalue weighted by molar-refractivity contribution is 5.78. The first kappa shape index (κ1) is 14.7. The molecule has 0 unspecified atom stereocenters. The molecular formula is C16H30N2O. The maximum atomic E-state index is 12.5. The molecule has 3 heteroatoms. The molecule has 2 fully saturated rings. The highest BCUT2D eigenvalue weighted by Gasteiger charge is 2.43. The first-order chi connectivity index (χ1) is 8.92. The van der Waals surface area contributed by atoms with Gasteiger partial charge in [0, 0.05) is 19.1 Å². The van der Waals surface area contributed by atoms with Crippen molar-refractivity contribution < 1.29 is 4.79 Å². The smallest absolute Gasteiger partial charge is 0.320 e. The molecular weight excluding hydrogens is 236 g/mol. The van der Waals surface area contributed by atoms with Crippen LogP contribution in [0.1, 0.15) is 66.2 Å². The first-order valence-corrected chi connectivity index (χ1v) is 8.00. The summed E-state index contributed by atoms with van der Waals surface area (Å²) < 4.78 is 0. The minimum absolute atomic E-state index is 0.00395. The van der Waals surface area contributed by atoms with E-state index in [2.05, 4.69) is 32.6 Å². The summed E-state index contributed by atoms with van der Waals surface area (Å²) in [6.45, 7) is 10.4. The molecule has 1 saturated heterocycles. The summed E-state index contributed by atoms with van der Waals surface area (Å²) in [7, 11) is 0. The van der Waals surface area contributed by atoms with Gasteiger partial charge in [-0.25, -0.2) is 4.79 Å². The van der Waals surface area contributed by atoms with Crippen LogP contribution in [0.5, 0.6) is 0 Å². The van der Waals surface area contributed by atoms with Crippen LogP contribution in [0, 0.1) is 5.92 Å². The molecule has 2 amide bonds. The van der Waals surface area contributed by atoms with E-state index >= 15 is 0 Å². The van der Waals surface area contributed by atoms with Crippen molar-refractivity contribution in [3.05, 3.63) is 0 Å². The molecule has 0 N–H and O–H groups in total. The second kappa shape index (κ2) is 5.72. The van der Waals surface area contributed by atoms with Gasteiger partial charge in [0.2, 0.25) is 0 Å². The summed E-state index contributed by atoms with van der Waals surface area (Å²) in [4.78, 5) is 16.6. The van der Waals surface area contributed by atoms with Gasteiger partial charge < -0.3 is 9.80 Å². The summed E-state index contributed by atoms with van der Waals surface area (Å²) in [6, 6.07) is 0.558. The fourth-order valence-electron chi connectivity index (χ4n) is 3.57. The molecule has 0 aromatic carbocycles. The van der Waals surface area contributed by atoms with Crippen molar-refractivity contribution in [2.45, 2.75) is 77.8 Å². The molecule has 110 valence electrons. The summed E-state index contributed by atoms with van der Waals surface area (Å²) in [6.07, 6.45) is 8.12. The highest BCUT2D eigenvalue weighted by atomic mass is 16.2. The van der Waals surface area contributed by atoms with E-state index in [-0.39, 0.29) is 11.6 Å². The van der Waals surface area contributed by atoms with Crippen LogP contribution in [0.2, 0.25) is 0 Å². The van der Waals surface area contributed by atoms with Gasteiger partial charge in [-0.3, -0.25) is 0 Å². The van der Waals surface area contributed by atoms with Crippen molar-refractivity contribution >= 4 is 6.03 Å². The zero-order valence-corrected chi connectivity index (χ0v) is 13.1. The summed E-state index contributed by atoms with van der Waals surface area (Å²) in [5, 5.41) is 0. The van der Waals surface area contributed by atoms with Crippen molar-refractivity contribution in [2.75, 3.05) is 13.1 Å². The van der Waals surface area contributed by atoms with Crippen molar-refractivity contribution in [1.82, 2.24) is 9.80 Å². The van der Waals surface area contributed by atoms with Gasteiger partial charge in [-0.1, -0.05) is 32.1 Å². The third-order valence-corrected chi connectivity index (χ3v) is 4.87. The van der Waals surface area contributed by atoms with E-state index in [1.165, 1.54) is 38.5 Å². The van der Waals surface area contributed by atoms with Gasteiger partial charge in [0.05, 0.1) is 5.54 Å². The average molecular weight is 266 g/mol. The fraction of sp³-hybridized carbons (Fsp3) is 0.938. The summed E-state index contributed by atoms with van der Waals surface area (Å²) >= 11 is 0. The fourth-order valence-corrected chi connectivity index (χ4v) is 3.57. The van der Waals surface area contributed by atoms with Crippen LogP contribution in [0.25, 0.3) is 0 Å². The van der Waals surface area contributed by atoms with E-state index in [4.69, 9.17) is 0 Å². The molecule has 19 heavy (non-hydrogen) atoms. The molecule has 1 heterocycles. The highest BCUT2D eigenvalue weighted by Crippen LogP contribution is 2.31. The molecule has 2 rings (SSSR count). The Labute approximate surface area is 118 Å². The average Bonchev–Trinajstić information content (AvgIpc) is 2.59. The molecule has 1 saturated carbocycles. The molecule has 1 aliphatic carbocycles. The van der Waals surface area contributed by atoms with Crippen LogP contribution in [-0.4, -0.2) is 40.5 Å². The Hall–Kier alpha value is -0.730. The van der Waals surface area contributed by atoms with Gasteiger partial charge >= 0.3 is 6.03 Å². The van der Waals surface area contributed by atoms with E-state index in [9.17, 15) is 4.79 Å². The molecule has 3 nitrogen and oxygen atoms in total. The van der Waals surface area contributed by atoms with E-state index in [0.29, 0.717) is 6.04 Å². The molecule has 1 aliphatic heterocycles. The van der Waals surface area contributed by atoms with Crippen LogP contribution >= 0.6 is 0 Å². The molecule has 0 aromatic heterocycles. The second-order valence-electron chi connectivity index (χ2n) is 7.26. The van der Waals surface area contributed by atoms with Crippen molar-refractivity contribution in [1.29, 1.82) is 0 Å². The predicted molar refractivity (Wildman–Crippen MR) is 79.2 cm³/mol. The van der Waals surface area contributed by atoms with E-state index in [1.54, 1.807) is 0 Å². The number of hydrogen-bond acceptors (Lipinski definition) is 1. The van der Waals surface area contributed by atoms with Crippen molar-refractivity contribution in [3.8, 4) is 0 Å². The SMILES string of the molecule is CC(C)N1CC(C)(C)N(CCC2CCCCC2)C1=O. The third-order valence-electron chi connectivity index (χ3n) is 4.87. The molecule has 0 radical (unpaired) electrons. The standard InChI is InChI=1S/C16H30N2O/c1-13(2)17-12-16(3,4)18(15(17)19)11-10-14-8-6-5-7-9-14/h13-14H,5-12H2,1-4H3.